The topological polar surface area (TPSA) is 12.4 Å². The number of halogens is 1. The minimum Gasteiger partial charge on any atom is -0.266 e. The Morgan fingerprint density at radius 2 is 2.71 bits per heavy atom. The summed E-state index contributed by atoms with van der Waals surface area (Å²) in [5.74, 6) is 0. The molecule has 0 aromatic rings. The van der Waals surface area contributed by atoms with Crippen LogP contribution >= 0.6 is 23.4 Å². The lowest BCUT2D eigenvalue weighted by atomic mass is 10.5. The second-order valence-electron chi connectivity index (χ2n) is 1.52. The molecule has 1 aliphatic heterocycles. The summed E-state index contributed by atoms with van der Waals surface area (Å²) in [6, 6.07) is 0. The first-order valence-corrected chi connectivity index (χ1v) is 3.41. The number of nitrogens with zero attached hydrogens (tertiary/aromatic N) is 1. The van der Waals surface area contributed by atoms with Crippen LogP contribution in [0.5, 0.6) is 0 Å². The Labute approximate surface area is 52.1 Å². The summed E-state index contributed by atoms with van der Waals surface area (Å²) < 4.78 is 0.715. The summed E-state index contributed by atoms with van der Waals surface area (Å²) in [7, 11) is 0. The first-order chi connectivity index (χ1) is 3.29. The molecule has 0 N–H and O–H groups in total. The third kappa shape index (κ3) is 1.35. The third-order valence-corrected chi connectivity index (χ3v) is 2.03. The fourth-order valence-corrected chi connectivity index (χ4v) is 1.60. The monoisotopic (exact) mass is 135 g/mol. The van der Waals surface area contributed by atoms with Gasteiger partial charge in [0, 0.05) is 5.25 Å². The molecule has 0 bridgehead atoms. The van der Waals surface area contributed by atoms with E-state index in [0.29, 0.717) is 9.75 Å². The fraction of sp³-hybridized carbons (Fsp3) is 0.750. The van der Waals surface area contributed by atoms with Gasteiger partial charge < -0.3 is 0 Å². The molecule has 1 rings (SSSR count). The molecule has 0 spiro atoms. The summed E-state index contributed by atoms with van der Waals surface area (Å²) in [5, 5.41) is 0.604. The van der Waals surface area contributed by atoms with E-state index in [0.717, 1.165) is 6.54 Å². The van der Waals surface area contributed by atoms with Gasteiger partial charge in [0.05, 0.1) is 6.54 Å². The summed E-state index contributed by atoms with van der Waals surface area (Å²) >= 11 is 7.16. The van der Waals surface area contributed by atoms with Crippen LogP contribution in [0.3, 0.4) is 0 Å². The van der Waals surface area contributed by atoms with Crippen molar-refractivity contribution in [3.05, 3.63) is 0 Å². The van der Waals surface area contributed by atoms with Crippen molar-refractivity contribution in [3.8, 4) is 0 Å². The van der Waals surface area contributed by atoms with E-state index in [9.17, 15) is 0 Å². The van der Waals surface area contributed by atoms with Crippen LogP contribution in [0.15, 0.2) is 4.99 Å². The minimum atomic E-state index is 0.604. The van der Waals surface area contributed by atoms with Crippen molar-refractivity contribution in [2.45, 2.75) is 12.2 Å². The molecule has 1 heterocycles. The standard InChI is InChI=1S/C4H6ClNS/c1-3-2-6-4(5)7-3/h3H,2H2,1H3. The second-order valence-corrected chi connectivity index (χ2v) is 3.53. The van der Waals surface area contributed by atoms with Gasteiger partial charge in [0.1, 0.15) is 0 Å². The molecule has 40 valence electrons. The first kappa shape index (κ1) is 5.45. The first-order valence-electron chi connectivity index (χ1n) is 2.15. The van der Waals surface area contributed by atoms with Crippen LogP contribution in [0.4, 0.5) is 0 Å². The van der Waals surface area contributed by atoms with Gasteiger partial charge in [-0.1, -0.05) is 30.3 Å². The summed E-state index contributed by atoms with van der Waals surface area (Å²) in [6.07, 6.45) is 0. The zero-order valence-electron chi connectivity index (χ0n) is 4.02. The minimum absolute atomic E-state index is 0.604. The van der Waals surface area contributed by atoms with Crippen LogP contribution in [0, 0.1) is 0 Å². The van der Waals surface area contributed by atoms with Gasteiger partial charge in [-0.2, -0.15) is 0 Å². The predicted molar refractivity (Wildman–Crippen MR) is 35.2 cm³/mol. The fourth-order valence-electron chi connectivity index (χ4n) is 0.441. The maximum atomic E-state index is 5.52. The Bertz CT molecular complexity index is 102. The van der Waals surface area contributed by atoms with Crippen LogP contribution in [-0.2, 0) is 0 Å². The molecule has 3 heteroatoms. The number of hydrogen-bond donors (Lipinski definition) is 0. The van der Waals surface area contributed by atoms with Crippen molar-refractivity contribution in [2.75, 3.05) is 6.54 Å². The normalized spacial score (nSPS) is 30.6. The maximum Gasteiger partial charge on any atom is 0.158 e. The number of thioether (sulfide) groups is 1. The summed E-state index contributed by atoms with van der Waals surface area (Å²) in [6.45, 7) is 3.01. The van der Waals surface area contributed by atoms with E-state index in [-0.39, 0.29) is 0 Å². The van der Waals surface area contributed by atoms with Gasteiger partial charge >= 0.3 is 0 Å². The summed E-state index contributed by atoms with van der Waals surface area (Å²) in [5.41, 5.74) is 0. The highest BCUT2D eigenvalue weighted by molar-refractivity contribution is 8.17. The molecule has 1 unspecified atom stereocenters. The molecule has 1 aliphatic rings. The van der Waals surface area contributed by atoms with Gasteiger partial charge in [-0.3, -0.25) is 4.99 Å². The SMILES string of the molecule is CC1CN=C(Cl)S1. The Hall–Kier alpha value is 0.310. The van der Waals surface area contributed by atoms with Gasteiger partial charge in [-0.15, -0.1) is 0 Å². The zero-order valence-corrected chi connectivity index (χ0v) is 5.59. The van der Waals surface area contributed by atoms with Crippen LogP contribution in [0.1, 0.15) is 6.92 Å². The van der Waals surface area contributed by atoms with Crippen LogP contribution in [0.2, 0.25) is 0 Å². The van der Waals surface area contributed by atoms with Crippen molar-refractivity contribution < 1.29 is 0 Å². The molecule has 7 heavy (non-hydrogen) atoms. The van der Waals surface area contributed by atoms with Crippen molar-refractivity contribution in [3.63, 3.8) is 0 Å². The average Bonchev–Trinajstić information content (AvgIpc) is 1.87. The molecule has 0 radical (unpaired) electrons. The van der Waals surface area contributed by atoms with E-state index < -0.39 is 0 Å². The largest absolute Gasteiger partial charge is 0.266 e. The Morgan fingerprint density at radius 1 is 2.00 bits per heavy atom. The van der Waals surface area contributed by atoms with Gasteiger partial charge in [0.15, 0.2) is 4.50 Å². The second kappa shape index (κ2) is 2.05. The quantitative estimate of drug-likeness (QED) is 0.493. The molecule has 0 aromatic carbocycles. The molecular formula is C4H6ClNS. The van der Waals surface area contributed by atoms with E-state index in [2.05, 4.69) is 11.9 Å². The van der Waals surface area contributed by atoms with Gasteiger partial charge in [0.25, 0.3) is 0 Å². The van der Waals surface area contributed by atoms with Crippen molar-refractivity contribution in [2.24, 2.45) is 4.99 Å². The molecule has 1 nitrogen and oxygen atoms in total. The number of rotatable bonds is 0. The van der Waals surface area contributed by atoms with E-state index in [1.165, 1.54) is 0 Å². The van der Waals surface area contributed by atoms with Gasteiger partial charge in [-0.25, -0.2) is 0 Å². The van der Waals surface area contributed by atoms with Crippen LogP contribution in [-0.4, -0.2) is 16.3 Å². The molecule has 1 atom stereocenters. The summed E-state index contributed by atoms with van der Waals surface area (Å²) in [4.78, 5) is 3.96. The highest BCUT2D eigenvalue weighted by Crippen LogP contribution is 2.21. The van der Waals surface area contributed by atoms with Crippen LogP contribution < -0.4 is 0 Å². The van der Waals surface area contributed by atoms with E-state index in [1.807, 2.05) is 0 Å². The molecule has 0 saturated heterocycles. The number of aliphatic imine (C=N–C) groups is 1. The van der Waals surface area contributed by atoms with E-state index in [4.69, 9.17) is 11.6 Å². The predicted octanol–water partition coefficient (Wildman–Crippen LogP) is 1.72. The Balaban J connectivity index is 2.42. The zero-order chi connectivity index (χ0) is 5.28. The molecule has 0 fully saturated rings. The molecule has 0 amide bonds. The molecule has 0 aromatic heterocycles. The van der Waals surface area contributed by atoms with Crippen molar-refractivity contribution in [1.29, 1.82) is 0 Å². The molecule has 0 aliphatic carbocycles. The average molecular weight is 136 g/mol. The highest BCUT2D eigenvalue weighted by Gasteiger charge is 2.11. The van der Waals surface area contributed by atoms with Crippen molar-refractivity contribution >= 4 is 27.9 Å². The Morgan fingerprint density at radius 3 is 2.86 bits per heavy atom. The van der Waals surface area contributed by atoms with Crippen molar-refractivity contribution in [1.82, 2.24) is 0 Å². The third-order valence-electron chi connectivity index (χ3n) is 0.771. The lowest BCUT2D eigenvalue weighted by Gasteiger charge is -1.90. The van der Waals surface area contributed by atoms with E-state index in [1.54, 1.807) is 11.8 Å². The number of hydrogen-bond acceptors (Lipinski definition) is 2. The lowest BCUT2D eigenvalue weighted by molar-refractivity contribution is 0.977. The van der Waals surface area contributed by atoms with Gasteiger partial charge in [0.2, 0.25) is 0 Å². The lowest BCUT2D eigenvalue weighted by Crippen LogP contribution is -1.91. The molecular weight excluding hydrogens is 130 g/mol. The highest BCUT2D eigenvalue weighted by atomic mass is 35.5. The Kier molecular flexibility index (Phi) is 1.60. The maximum absolute atomic E-state index is 5.52. The van der Waals surface area contributed by atoms with Crippen LogP contribution in [0.25, 0.3) is 0 Å². The van der Waals surface area contributed by atoms with Gasteiger partial charge in [-0.05, 0) is 0 Å². The molecule has 0 saturated carbocycles. The van der Waals surface area contributed by atoms with E-state index >= 15 is 0 Å². The smallest absolute Gasteiger partial charge is 0.158 e.